The van der Waals surface area contributed by atoms with Gasteiger partial charge in [-0.1, -0.05) is 13.3 Å². The third-order valence-corrected chi connectivity index (χ3v) is 3.75. The summed E-state index contributed by atoms with van der Waals surface area (Å²) in [6.45, 7) is 6.89. The van der Waals surface area contributed by atoms with Crippen molar-refractivity contribution in [1.82, 2.24) is 0 Å². The van der Waals surface area contributed by atoms with Crippen molar-refractivity contribution < 1.29 is 9.66 Å². The third-order valence-electron chi connectivity index (χ3n) is 3.75. The molecule has 5 heteroatoms. The van der Waals surface area contributed by atoms with Gasteiger partial charge >= 0.3 is 0 Å². The molecule has 1 N–H and O–H groups in total. The Kier molecular flexibility index (Phi) is 4.16. The minimum Gasteiger partial charge on any atom is -0.491 e. The van der Waals surface area contributed by atoms with Crippen LogP contribution in [0.25, 0.3) is 0 Å². The summed E-state index contributed by atoms with van der Waals surface area (Å²) in [7, 11) is 0. The zero-order chi connectivity index (χ0) is 14.8. The van der Waals surface area contributed by atoms with Crippen LogP contribution in [-0.4, -0.2) is 17.6 Å². The number of ether oxygens (including phenoxy) is 1. The lowest BCUT2D eigenvalue weighted by atomic mass is 9.70. The normalized spacial score (nSPS) is 16.6. The Balaban J connectivity index is 2.13. The first kappa shape index (κ1) is 14.6. The Bertz CT molecular complexity index is 496. The molecule has 110 valence electrons. The largest absolute Gasteiger partial charge is 0.491 e. The highest BCUT2D eigenvalue weighted by Gasteiger charge is 2.31. The van der Waals surface area contributed by atoms with Crippen LogP contribution >= 0.6 is 0 Å². The Morgan fingerprint density at radius 3 is 2.60 bits per heavy atom. The van der Waals surface area contributed by atoms with Crippen LogP contribution in [0, 0.1) is 15.5 Å². The van der Waals surface area contributed by atoms with Crippen molar-refractivity contribution in [2.75, 3.05) is 11.9 Å². The number of hydrogen-bond acceptors (Lipinski definition) is 4. The molecular weight excluding hydrogens is 256 g/mol. The number of non-ortho nitro benzene ring substituents is 1. The van der Waals surface area contributed by atoms with Crippen LogP contribution < -0.4 is 10.1 Å². The predicted octanol–water partition coefficient (Wildman–Crippen LogP) is 3.98. The molecule has 1 aromatic carbocycles. The molecule has 1 fully saturated rings. The van der Waals surface area contributed by atoms with Gasteiger partial charge in [0.2, 0.25) is 0 Å². The van der Waals surface area contributed by atoms with Crippen LogP contribution in [0.5, 0.6) is 5.75 Å². The second kappa shape index (κ2) is 5.69. The number of rotatable bonds is 6. The van der Waals surface area contributed by atoms with Gasteiger partial charge in [-0.25, -0.2) is 0 Å². The maximum Gasteiger partial charge on any atom is 0.275 e. The summed E-state index contributed by atoms with van der Waals surface area (Å²) in [5, 5.41) is 14.3. The minimum absolute atomic E-state index is 0.00555. The van der Waals surface area contributed by atoms with Gasteiger partial charge in [0.15, 0.2) is 0 Å². The van der Waals surface area contributed by atoms with E-state index >= 15 is 0 Å². The first-order valence-electron chi connectivity index (χ1n) is 7.08. The van der Waals surface area contributed by atoms with E-state index in [9.17, 15) is 10.1 Å². The molecule has 0 spiro atoms. The number of nitro benzene ring substituents is 1. The molecule has 5 nitrogen and oxygen atoms in total. The highest BCUT2D eigenvalue weighted by Crippen LogP contribution is 2.40. The Hall–Kier alpha value is -1.78. The highest BCUT2D eigenvalue weighted by molar-refractivity contribution is 5.56. The fourth-order valence-electron chi connectivity index (χ4n) is 2.40. The topological polar surface area (TPSA) is 64.4 Å². The molecule has 0 radical (unpaired) electrons. The quantitative estimate of drug-likeness (QED) is 0.631. The van der Waals surface area contributed by atoms with Gasteiger partial charge in [0.25, 0.3) is 5.69 Å². The number of anilines is 1. The van der Waals surface area contributed by atoms with E-state index in [1.807, 2.05) is 19.9 Å². The summed E-state index contributed by atoms with van der Waals surface area (Å²) >= 11 is 0. The van der Waals surface area contributed by atoms with Gasteiger partial charge in [0, 0.05) is 24.4 Å². The van der Waals surface area contributed by atoms with E-state index in [0.29, 0.717) is 11.2 Å². The van der Waals surface area contributed by atoms with Crippen LogP contribution in [-0.2, 0) is 0 Å². The first-order valence-corrected chi connectivity index (χ1v) is 7.08. The van der Waals surface area contributed by atoms with Crippen molar-refractivity contribution in [3.63, 3.8) is 0 Å². The summed E-state index contributed by atoms with van der Waals surface area (Å²) in [4.78, 5) is 10.6. The van der Waals surface area contributed by atoms with Crippen molar-refractivity contribution in [2.45, 2.75) is 46.1 Å². The lowest BCUT2D eigenvalue weighted by molar-refractivity contribution is -0.384. The van der Waals surface area contributed by atoms with Crippen molar-refractivity contribution in [1.29, 1.82) is 0 Å². The molecule has 20 heavy (non-hydrogen) atoms. The average Bonchev–Trinajstić information content (AvgIpc) is 2.33. The van der Waals surface area contributed by atoms with E-state index in [1.165, 1.54) is 25.3 Å². The van der Waals surface area contributed by atoms with E-state index < -0.39 is 0 Å². The second-order valence-corrected chi connectivity index (χ2v) is 6.16. The predicted molar refractivity (Wildman–Crippen MR) is 79.3 cm³/mol. The van der Waals surface area contributed by atoms with Crippen molar-refractivity contribution in [3.05, 3.63) is 28.3 Å². The number of nitrogens with zero attached hydrogens (tertiary/aromatic N) is 1. The van der Waals surface area contributed by atoms with Gasteiger partial charge < -0.3 is 10.1 Å². The maximum atomic E-state index is 11.0. The second-order valence-electron chi connectivity index (χ2n) is 6.16. The van der Waals surface area contributed by atoms with Crippen LogP contribution in [0.3, 0.4) is 0 Å². The first-order chi connectivity index (χ1) is 9.38. The molecule has 0 aliphatic heterocycles. The van der Waals surface area contributed by atoms with E-state index in [1.54, 1.807) is 6.07 Å². The molecular formula is C15H22N2O3. The van der Waals surface area contributed by atoms with Crippen molar-refractivity contribution in [3.8, 4) is 5.75 Å². The van der Waals surface area contributed by atoms with E-state index in [0.717, 1.165) is 12.2 Å². The fourth-order valence-corrected chi connectivity index (χ4v) is 2.40. The molecule has 2 rings (SSSR count). The number of nitro groups is 1. The average molecular weight is 278 g/mol. The van der Waals surface area contributed by atoms with Crippen molar-refractivity contribution in [2.24, 2.45) is 5.41 Å². The lowest BCUT2D eigenvalue weighted by Gasteiger charge is -2.38. The molecule has 0 unspecified atom stereocenters. The summed E-state index contributed by atoms with van der Waals surface area (Å²) in [6.07, 6.45) is 3.69. The van der Waals surface area contributed by atoms with Crippen LogP contribution in [0.15, 0.2) is 18.2 Å². The minimum atomic E-state index is -0.385. The van der Waals surface area contributed by atoms with E-state index in [4.69, 9.17) is 4.74 Å². The van der Waals surface area contributed by atoms with Gasteiger partial charge in [0.1, 0.15) is 5.75 Å². The van der Waals surface area contributed by atoms with Gasteiger partial charge in [0.05, 0.1) is 17.1 Å². The van der Waals surface area contributed by atoms with Crippen LogP contribution in [0.4, 0.5) is 11.4 Å². The van der Waals surface area contributed by atoms with Gasteiger partial charge in [-0.2, -0.15) is 0 Å². The smallest absolute Gasteiger partial charge is 0.275 e. The number of benzene rings is 1. The monoisotopic (exact) mass is 278 g/mol. The summed E-state index contributed by atoms with van der Waals surface area (Å²) in [5.74, 6) is 0.537. The fraction of sp³-hybridized carbons (Fsp3) is 0.600. The summed E-state index contributed by atoms with van der Waals surface area (Å²) in [6, 6.07) is 4.86. The highest BCUT2D eigenvalue weighted by atomic mass is 16.6. The van der Waals surface area contributed by atoms with Crippen LogP contribution in [0.2, 0.25) is 0 Å². The molecule has 0 amide bonds. The van der Waals surface area contributed by atoms with E-state index in [2.05, 4.69) is 12.2 Å². The molecule has 0 atom stereocenters. The molecule has 1 aromatic rings. The Morgan fingerprint density at radius 1 is 1.40 bits per heavy atom. The molecule has 1 aliphatic rings. The Morgan fingerprint density at radius 2 is 2.10 bits per heavy atom. The third kappa shape index (κ3) is 3.62. The number of nitrogens with one attached hydrogen (secondary N) is 1. The molecule has 1 aliphatic carbocycles. The zero-order valence-electron chi connectivity index (χ0n) is 12.3. The molecule has 1 saturated carbocycles. The van der Waals surface area contributed by atoms with Gasteiger partial charge in [-0.15, -0.1) is 0 Å². The maximum absolute atomic E-state index is 11.0. The standard InChI is InChI=1S/C15H22N2O3/c1-11(2)20-14-8-12(7-13(9-14)17(18)19)16-10-15(3)5-4-6-15/h7-9,11,16H,4-6,10H2,1-3H3. The molecule has 0 aromatic heterocycles. The van der Waals surface area contributed by atoms with Gasteiger partial charge in [-0.05, 0) is 32.1 Å². The SMILES string of the molecule is CC(C)Oc1cc(NCC2(C)CCC2)cc([N+](=O)[O-])c1. The van der Waals surface area contributed by atoms with E-state index in [-0.39, 0.29) is 16.7 Å². The summed E-state index contributed by atoms with van der Waals surface area (Å²) in [5.41, 5.74) is 1.14. The zero-order valence-corrected chi connectivity index (χ0v) is 12.3. The summed E-state index contributed by atoms with van der Waals surface area (Å²) < 4.78 is 5.57. The lowest BCUT2D eigenvalue weighted by Crippen LogP contribution is -2.33. The van der Waals surface area contributed by atoms with Gasteiger partial charge in [-0.3, -0.25) is 10.1 Å². The van der Waals surface area contributed by atoms with Crippen LogP contribution in [0.1, 0.15) is 40.0 Å². The molecule has 0 heterocycles. The molecule has 0 saturated heterocycles. The number of hydrogen-bond donors (Lipinski definition) is 1. The molecule has 0 bridgehead atoms. The Labute approximate surface area is 119 Å². The van der Waals surface area contributed by atoms with Crippen molar-refractivity contribution >= 4 is 11.4 Å².